The average molecular weight is 341 g/mol. The Kier molecular flexibility index (Phi) is 4.15. The van der Waals surface area contributed by atoms with E-state index in [0.29, 0.717) is 5.56 Å². The van der Waals surface area contributed by atoms with Crippen molar-refractivity contribution in [3.8, 4) is 0 Å². The van der Waals surface area contributed by atoms with E-state index in [9.17, 15) is 4.79 Å². The number of hydrogen-bond donors (Lipinski definition) is 1. The summed E-state index contributed by atoms with van der Waals surface area (Å²) < 4.78 is 6.14. The maximum absolute atomic E-state index is 12.9. The van der Waals surface area contributed by atoms with E-state index in [1.165, 1.54) is 0 Å². The number of hydrogen-bond acceptors (Lipinski definition) is 3. The van der Waals surface area contributed by atoms with Gasteiger partial charge in [-0.1, -0.05) is 78.9 Å². The fourth-order valence-electron chi connectivity index (χ4n) is 3.51. The molecule has 0 aliphatic heterocycles. The van der Waals surface area contributed by atoms with Crippen LogP contribution in [0.3, 0.4) is 0 Å². The number of ether oxygens (including phenoxy) is 1. The number of carbonyl (C=O) groups is 1. The first kappa shape index (κ1) is 16.3. The van der Waals surface area contributed by atoms with Crippen molar-refractivity contribution >= 4 is 18.1 Å². The van der Waals surface area contributed by atoms with Crippen LogP contribution in [0.2, 0.25) is 0 Å². The van der Waals surface area contributed by atoms with Crippen LogP contribution >= 0.6 is 0 Å². The molecule has 0 spiro atoms. The molecule has 3 nitrogen and oxygen atoms in total. The molecule has 3 aromatic rings. The quantitative estimate of drug-likeness (QED) is 0.725. The summed E-state index contributed by atoms with van der Waals surface area (Å²) >= 11 is 0. The Bertz CT molecular complexity index is 927. The molecule has 0 amide bonds. The van der Waals surface area contributed by atoms with Crippen molar-refractivity contribution in [2.75, 3.05) is 6.54 Å². The van der Waals surface area contributed by atoms with Crippen LogP contribution in [0.1, 0.15) is 32.6 Å². The second-order valence-corrected chi connectivity index (χ2v) is 6.29. The molecule has 2 N–H and O–H groups in total. The van der Waals surface area contributed by atoms with Crippen molar-refractivity contribution in [3.63, 3.8) is 0 Å². The van der Waals surface area contributed by atoms with Crippen LogP contribution in [0.5, 0.6) is 0 Å². The van der Waals surface area contributed by atoms with E-state index in [-0.39, 0.29) is 12.5 Å². The first-order valence-electron chi connectivity index (χ1n) is 8.60. The van der Waals surface area contributed by atoms with Crippen LogP contribution in [-0.4, -0.2) is 12.5 Å². The molecular formula is C23H19NO2. The van der Waals surface area contributed by atoms with E-state index in [1.54, 1.807) is 12.1 Å². The number of fused-ring (bicyclic) bond motifs is 2. The molecule has 3 aromatic carbocycles. The van der Waals surface area contributed by atoms with Gasteiger partial charge in [-0.15, -0.1) is 0 Å². The molecule has 0 atom stereocenters. The number of esters is 1. The molecule has 4 rings (SSSR count). The molecular weight excluding hydrogens is 322 g/mol. The highest BCUT2D eigenvalue weighted by molar-refractivity contribution is 5.90. The van der Waals surface area contributed by atoms with Crippen molar-refractivity contribution in [2.24, 2.45) is 5.73 Å². The smallest absolute Gasteiger partial charge is 0.339 e. The van der Waals surface area contributed by atoms with Crippen molar-refractivity contribution in [1.29, 1.82) is 0 Å². The molecule has 0 unspecified atom stereocenters. The summed E-state index contributed by atoms with van der Waals surface area (Å²) in [5.74, 6) is -0.387. The lowest BCUT2D eigenvalue weighted by Gasteiger charge is -2.34. The van der Waals surface area contributed by atoms with Gasteiger partial charge in [0.05, 0.1) is 5.56 Å². The van der Waals surface area contributed by atoms with E-state index < -0.39 is 5.60 Å². The zero-order valence-electron chi connectivity index (χ0n) is 14.3. The Labute approximate surface area is 152 Å². The minimum atomic E-state index is -1.04. The van der Waals surface area contributed by atoms with E-state index in [0.717, 1.165) is 22.3 Å². The molecule has 0 saturated carbocycles. The molecule has 1 aliphatic rings. The predicted octanol–water partition coefficient (Wildman–Crippen LogP) is 4.23. The summed E-state index contributed by atoms with van der Waals surface area (Å²) in [7, 11) is 0. The monoisotopic (exact) mass is 341 g/mol. The molecule has 0 saturated heterocycles. The lowest BCUT2D eigenvalue weighted by Crippen LogP contribution is -2.42. The SMILES string of the molecule is NCC1(OC(=O)c2ccccc2)c2ccccc2C=Cc2ccccc21. The van der Waals surface area contributed by atoms with Crippen LogP contribution in [0.4, 0.5) is 0 Å². The third-order valence-corrected chi connectivity index (χ3v) is 4.80. The highest BCUT2D eigenvalue weighted by Crippen LogP contribution is 2.40. The Balaban J connectivity index is 1.91. The Morgan fingerprint density at radius 3 is 1.81 bits per heavy atom. The standard InChI is InChI=1S/C23H19NO2/c24-16-23(26-22(25)19-10-2-1-3-11-19)20-12-6-4-8-17(20)14-15-18-9-5-7-13-21(18)23/h1-15H,16,24H2. The predicted molar refractivity (Wildman–Crippen MR) is 104 cm³/mol. The Morgan fingerprint density at radius 2 is 1.27 bits per heavy atom. The van der Waals surface area contributed by atoms with Gasteiger partial charge in [-0.2, -0.15) is 0 Å². The fraction of sp³-hybridized carbons (Fsp3) is 0.0870. The minimum absolute atomic E-state index is 0.154. The Hall–Kier alpha value is -3.17. The van der Waals surface area contributed by atoms with Gasteiger partial charge in [0.1, 0.15) is 0 Å². The van der Waals surface area contributed by atoms with E-state index in [4.69, 9.17) is 10.5 Å². The molecule has 0 radical (unpaired) electrons. The van der Waals surface area contributed by atoms with Gasteiger partial charge in [0.25, 0.3) is 0 Å². The van der Waals surface area contributed by atoms with Gasteiger partial charge in [0, 0.05) is 17.7 Å². The van der Waals surface area contributed by atoms with Crippen molar-refractivity contribution < 1.29 is 9.53 Å². The molecule has 3 heteroatoms. The normalized spacial score (nSPS) is 14.0. The first-order valence-corrected chi connectivity index (χ1v) is 8.60. The third kappa shape index (κ3) is 2.63. The van der Waals surface area contributed by atoms with Crippen LogP contribution in [0.25, 0.3) is 12.2 Å². The zero-order chi connectivity index (χ0) is 18.0. The van der Waals surface area contributed by atoms with Gasteiger partial charge in [-0.05, 0) is 23.3 Å². The number of nitrogens with two attached hydrogens (primary N) is 1. The van der Waals surface area contributed by atoms with Gasteiger partial charge in [-0.3, -0.25) is 0 Å². The van der Waals surface area contributed by atoms with Gasteiger partial charge in [-0.25, -0.2) is 4.79 Å². The summed E-state index contributed by atoms with van der Waals surface area (Å²) in [4.78, 5) is 12.9. The van der Waals surface area contributed by atoms with Crippen LogP contribution in [0, 0.1) is 0 Å². The van der Waals surface area contributed by atoms with Gasteiger partial charge in [0.2, 0.25) is 0 Å². The van der Waals surface area contributed by atoms with Crippen LogP contribution < -0.4 is 5.73 Å². The van der Waals surface area contributed by atoms with Gasteiger partial charge < -0.3 is 10.5 Å². The van der Waals surface area contributed by atoms with Crippen molar-refractivity contribution in [1.82, 2.24) is 0 Å². The minimum Gasteiger partial charge on any atom is -0.444 e. The summed E-state index contributed by atoms with van der Waals surface area (Å²) in [5.41, 5.74) is 9.51. The lowest BCUT2D eigenvalue weighted by atomic mass is 9.82. The second-order valence-electron chi connectivity index (χ2n) is 6.29. The molecule has 128 valence electrons. The van der Waals surface area contributed by atoms with Gasteiger partial charge >= 0.3 is 5.97 Å². The molecule has 0 fully saturated rings. The third-order valence-electron chi connectivity index (χ3n) is 4.80. The molecule has 0 heterocycles. The molecule has 0 bridgehead atoms. The molecule has 1 aliphatic carbocycles. The van der Waals surface area contributed by atoms with Crippen LogP contribution in [-0.2, 0) is 10.3 Å². The fourth-order valence-corrected chi connectivity index (χ4v) is 3.51. The van der Waals surface area contributed by atoms with Gasteiger partial charge in [0.15, 0.2) is 5.60 Å². The second kappa shape index (κ2) is 6.62. The highest BCUT2D eigenvalue weighted by Gasteiger charge is 2.41. The number of benzene rings is 3. The maximum Gasteiger partial charge on any atom is 0.339 e. The molecule has 26 heavy (non-hydrogen) atoms. The Morgan fingerprint density at radius 1 is 0.769 bits per heavy atom. The number of carbonyl (C=O) groups excluding carboxylic acids is 1. The van der Waals surface area contributed by atoms with Crippen molar-refractivity contribution in [3.05, 3.63) is 107 Å². The average Bonchev–Trinajstić information content (AvgIpc) is 2.84. The summed E-state index contributed by atoms with van der Waals surface area (Å²) in [6.45, 7) is 0.154. The molecule has 0 aromatic heterocycles. The largest absolute Gasteiger partial charge is 0.444 e. The summed E-state index contributed by atoms with van der Waals surface area (Å²) in [6.07, 6.45) is 4.09. The summed E-state index contributed by atoms with van der Waals surface area (Å²) in [6, 6.07) is 24.8. The lowest BCUT2D eigenvalue weighted by molar-refractivity contribution is 0.00201. The van der Waals surface area contributed by atoms with E-state index in [2.05, 4.69) is 0 Å². The maximum atomic E-state index is 12.9. The van der Waals surface area contributed by atoms with Crippen molar-refractivity contribution in [2.45, 2.75) is 5.60 Å². The van der Waals surface area contributed by atoms with E-state index in [1.807, 2.05) is 78.9 Å². The summed E-state index contributed by atoms with van der Waals surface area (Å²) in [5, 5.41) is 0. The first-order chi connectivity index (χ1) is 12.7. The highest BCUT2D eigenvalue weighted by atomic mass is 16.6. The number of rotatable bonds is 3. The topological polar surface area (TPSA) is 52.3 Å². The van der Waals surface area contributed by atoms with E-state index >= 15 is 0 Å². The zero-order valence-corrected chi connectivity index (χ0v) is 14.3. The van der Waals surface area contributed by atoms with Crippen LogP contribution in [0.15, 0.2) is 78.9 Å².